The van der Waals surface area contributed by atoms with Crippen molar-refractivity contribution >= 4 is 17.2 Å². The van der Waals surface area contributed by atoms with Crippen LogP contribution in [0, 0.1) is 6.92 Å². The Morgan fingerprint density at radius 1 is 1.43 bits per heavy atom. The molecule has 23 heavy (non-hydrogen) atoms. The van der Waals surface area contributed by atoms with E-state index < -0.39 is 0 Å². The van der Waals surface area contributed by atoms with Crippen LogP contribution in [0.3, 0.4) is 0 Å². The molecule has 1 aliphatic heterocycles. The largest absolute Gasteiger partial charge is 0.350 e. The summed E-state index contributed by atoms with van der Waals surface area (Å²) >= 11 is 1.70. The molecule has 0 radical (unpaired) electrons. The number of aryl methyl sites for hydroxylation is 2. The van der Waals surface area contributed by atoms with Crippen LogP contribution >= 0.6 is 11.3 Å². The molecular formula is C16H20N4O2S. The molecule has 0 aromatic carbocycles. The number of rotatable bonds is 4. The Morgan fingerprint density at radius 2 is 2.26 bits per heavy atom. The number of fused-ring (bicyclic) bond motifs is 1. The molecule has 0 atom stereocenters. The topological polar surface area (TPSA) is 67.2 Å². The first-order valence-corrected chi connectivity index (χ1v) is 8.43. The molecule has 0 saturated carbocycles. The minimum atomic E-state index is -0.108. The van der Waals surface area contributed by atoms with Gasteiger partial charge in [0.1, 0.15) is 0 Å². The van der Waals surface area contributed by atoms with E-state index in [1.165, 1.54) is 9.56 Å². The summed E-state index contributed by atoms with van der Waals surface area (Å²) in [5.74, 6) is 0.0105. The molecule has 122 valence electrons. The second-order valence-corrected chi connectivity index (χ2v) is 7.20. The number of aromatic nitrogens is 2. The van der Waals surface area contributed by atoms with Gasteiger partial charge in [-0.3, -0.25) is 14.5 Å². The molecular weight excluding hydrogens is 312 g/mol. The smallest absolute Gasteiger partial charge is 0.266 e. The fraction of sp³-hybridized carbons (Fsp3) is 0.438. The predicted octanol–water partition coefficient (Wildman–Crippen LogP) is 0.825. The zero-order valence-corrected chi connectivity index (χ0v) is 14.2. The molecule has 7 heteroatoms. The Morgan fingerprint density at radius 3 is 3.00 bits per heavy atom. The number of hydrogen-bond donors (Lipinski definition) is 1. The molecule has 0 aliphatic carbocycles. The summed E-state index contributed by atoms with van der Waals surface area (Å²) in [5.41, 5.74) is 1.78. The highest BCUT2D eigenvalue weighted by atomic mass is 32.1. The van der Waals surface area contributed by atoms with Crippen LogP contribution in [0.5, 0.6) is 0 Å². The van der Waals surface area contributed by atoms with E-state index in [4.69, 9.17) is 0 Å². The summed E-state index contributed by atoms with van der Waals surface area (Å²) < 4.78 is 1.37. The van der Waals surface area contributed by atoms with E-state index in [-0.39, 0.29) is 11.5 Å². The van der Waals surface area contributed by atoms with Crippen molar-refractivity contribution in [2.24, 2.45) is 7.05 Å². The normalized spacial score (nSPS) is 14.5. The zero-order chi connectivity index (χ0) is 16.4. The van der Waals surface area contributed by atoms with Crippen molar-refractivity contribution in [3.05, 3.63) is 49.6 Å². The highest BCUT2D eigenvalue weighted by Gasteiger charge is 2.20. The minimum Gasteiger partial charge on any atom is -0.350 e. The van der Waals surface area contributed by atoms with Crippen LogP contribution in [0.4, 0.5) is 0 Å². The number of thiophene rings is 1. The van der Waals surface area contributed by atoms with E-state index in [0.29, 0.717) is 19.6 Å². The van der Waals surface area contributed by atoms with Crippen molar-refractivity contribution in [1.29, 1.82) is 0 Å². The molecule has 2 aromatic rings. The van der Waals surface area contributed by atoms with E-state index in [1.54, 1.807) is 24.5 Å². The molecule has 0 saturated heterocycles. The fourth-order valence-corrected chi connectivity index (χ4v) is 3.54. The summed E-state index contributed by atoms with van der Waals surface area (Å²) in [6.07, 6.45) is 0.765. The van der Waals surface area contributed by atoms with E-state index in [0.717, 1.165) is 29.1 Å². The number of carbonyl (C=O) groups excluding carboxylic acids is 1. The first-order valence-electron chi connectivity index (χ1n) is 7.62. The van der Waals surface area contributed by atoms with Crippen molar-refractivity contribution < 1.29 is 4.79 Å². The SMILES string of the molecule is Cc1ccc(CNC(=O)CN2CCc3nn(C)c(=O)cc3C2)s1. The molecule has 0 spiro atoms. The van der Waals surface area contributed by atoms with E-state index in [2.05, 4.69) is 28.3 Å². The monoisotopic (exact) mass is 332 g/mol. The van der Waals surface area contributed by atoms with Gasteiger partial charge in [-0.15, -0.1) is 11.3 Å². The second kappa shape index (κ2) is 6.64. The van der Waals surface area contributed by atoms with Crippen molar-refractivity contribution in [2.45, 2.75) is 26.4 Å². The average molecular weight is 332 g/mol. The summed E-state index contributed by atoms with van der Waals surface area (Å²) in [5, 5.41) is 7.24. The third-order valence-electron chi connectivity index (χ3n) is 3.94. The van der Waals surface area contributed by atoms with Crippen LogP contribution in [-0.2, 0) is 31.4 Å². The van der Waals surface area contributed by atoms with E-state index >= 15 is 0 Å². The van der Waals surface area contributed by atoms with Gasteiger partial charge in [0.05, 0.1) is 18.8 Å². The quantitative estimate of drug-likeness (QED) is 0.900. The molecule has 6 nitrogen and oxygen atoms in total. The fourth-order valence-electron chi connectivity index (χ4n) is 2.71. The standard InChI is InChI=1S/C16H20N4O2S/c1-11-3-4-13(23-11)8-17-15(21)10-20-6-5-14-12(9-20)7-16(22)19(2)18-14/h3-4,7H,5-6,8-10H2,1-2H3,(H,17,21). The maximum Gasteiger partial charge on any atom is 0.266 e. The Kier molecular flexibility index (Phi) is 4.58. The number of nitrogens with zero attached hydrogens (tertiary/aromatic N) is 3. The molecule has 0 unspecified atom stereocenters. The molecule has 1 amide bonds. The van der Waals surface area contributed by atoms with Crippen molar-refractivity contribution in [2.75, 3.05) is 13.1 Å². The molecule has 1 aliphatic rings. The average Bonchev–Trinajstić information content (AvgIpc) is 2.92. The highest BCUT2D eigenvalue weighted by Crippen LogP contribution is 2.15. The Bertz CT molecular complexity index is 781. The minimum absolute atomic E-state index is 0.0105. The van der Waals surface area contributed by atoms with Gasteiger partial charge < -0.3 is 5.32 Å². The number of carbonyl (C=O) groups is 1. The summed E-state index contributed by atoms with van der Waals surface area (Å²) in [6.45, 7) is 4.36. The molecule has 0 bridgehead atoms. The zero-order valence-electron chi connectivity index (χ0n) is 13.3. The van der Waals surface area contributed by atoms with E-state index in [9.17, 15) is 9.59 Å². The number of hydrogen-bond acceptors (Lipinski definition) is 5. The predicted molar refractivity (Wildman–Crippen MR) is 89.4 cm³/mol. The third kappa shape index (κ3) is 3.86. The van der Waals surface area contributed by atoms with E-state index in [1.807, 2.05) is 6.07 Å². The Hall–Kier alpha value is -1.99. The van der Waals surface area contributed by atoms with Gasteiger partial charge >= 0.3 is 0 Å². The van der Waals surface area contributed by atoms with Gasteiger partial charge in [0.2, 0.25) is 5.91 Å². The van der Waals surface area contributed by atoms with Crippen molar-refractivity contribution in [3.63, 3.8) is 0 Å². The van der Waals surface area contributed by atoms with Gasteiger partial charge in [-0.1, -0.05) is 0 Å². The Labute approximate surface area is 138 Å². The van der Waals surface area contributed by atoms with Gasteiger partial charge in [0.25, 0.3) is 5.56 Å². The molecule has 3 heterocycles. The van der Waals surface area contributed by atoms with Crippen LogP contribution in [0.15, 0.2) is 23.0 Å². The first kappa shape index (κ1) is 15.9. The maximum absolute atomic E-state index is 12.1. The summed E-state index contributed by atoms with van der Waals surface area (Å²) in [4.78, 5) is 28.2. The van der Waals surface area contributed by atoms with Gasteiger partial charge in [0.15, 0.2) is 0 Å². The molecule has 2 aromatic heterocycles. The Balaban J connectivity index is 1.55. The van der Waals surface area contributed by atoms with Gasteiger partial charge in [0, 0.05) is 42.4 Å². The summed E-state index contributed by atoms with van der Waals surface area (Å²) in [7, 11) is 1.66. The van der Waals surface area contributed by atoms with Crippen LogP contribution in [0.1, 0.15) is 21.0 Å². The molecule has 0 fully saturated rings. The van der Waals surface area contributed by atoms with Crippen molar-refractivity contribution in [3.8, 4) is 0 Å². The molecule has 3 rings (SSSR count). The number of nitrogens with one attached hydrogen (secondary N) is 1. The van der Waals surface area contributed by atoms with Gasteiger partial charge in [-0.2, -0.15) is 5.10 Å². The molecule has 1 N–H and O–H groups in total. The lowest BCUT2D eigenvalue weighted by Gasteiger charge is -2.27. The van der Waals surface area contributed by atoms with Crippen LogP contribution in [0.2, 0.25) is 0 Å². The maximum atomic E-state index is 12.1. The third-order valence-corrected chi connectivity index (χ3v) is 4.94. The summed E-state index contributed by atoms with van der Waals surface area (Å²) in [6, 6.07) is 5.72. The van der Waals surface area contributed by atoms with Crippen LogP contribution in [0.25, 0.3) is 0 Å². The first-order chi connectivity index (χ1) is 11.0. The number of amides is 1. The second-order valence-electron chi connectivity index (χ2n) is 5.83. The highest BCUT2D eigenvalue weighted by molar-refractivity contribution is 7.11. The van der Waals surface area contributed by atoms with Crippen LogP contribution in [-0.4, -0.2) is 33.7 Å². The lowest BCUT2D eigenvalue weighted by Crippen LogP contribution is -2.40. The van der Waals surface area contributed by atoms with Gasteiger partial charge in [-0.05, 0) is 24.6 Å². The van der Waals surface area contributed by atoms with Gasteiger partial charge in [-0.25, -0.2) is 4.68 Å². The van der Waals surface area contributed by atoms with Crippen LogP contribution < -0.4 is 10.9 Å². The lowest BCUT2D eigenvalue weighted by molar-refractivity contribution is -0.122. The lowest BCUT2D eigenvalue weighted by atomic mass is 10.1. The van der Waals surface area contributed by atoms with Crippen molar-refractivity contribution in [1.82, 2.24) is 20.0 Å².